The molecule has 1 aromatic carbocycles. The molecule has 0 amide bonds. The van der Waals surface area contributed by atoms with Gasteiger partial charge in [0.1, 0.15) is 5.78 Å². The Morgan fingerprint density at radius 2 is 1.67 bits per heavy atom. The van der Waals surface area contributed by atoms with Gasteiger partial charge in [0.15, 0.2) is 5.78 Å². The van der Waals surface area contributed by atoms with Gasteiger partial charge in [0.05, 0.1) is 0 Å². The third kappa shape index (κ3) is 5.26. The van der Waals surface area contributed by atoms with Crippen LogP contribution >= 0.6 is 0 Å². The van der Waals surface area contributed by atoms with Gasteiger partial charge in [0.2, 0.25) is 0 Å². The van der Waals surface area contributed by atoms with Crippen LogP contribution in [0.3, 0.4) is 0 Å². The van der Waals surface area contributed by atoms with Crippen molar-refractivity contribution in [2.45, 2.75) is 52.4 Å². The Kier molecular flexibility index (Phi) is 6.34. The van der Waals surface area contributed by atoms with E-state index in [0.29, 0.717) is 18.6 Å². The Balaban J connectivity index is 2.34. The lowest BCUT2D eigenvalue weighted by atomic mass is 10.0. The minimum Gasteiger partial charge on any atom is -0.300 e. The van der Waals surface area contributed by atoms with E-state index >= 15 is 0 Å². The van der Waals surface area contributed by atoms with E-state index < -0.39 is 0 Å². The summed E-state index contributed by atoms with van der Waals surface area (Å²) in [7, 11) is 0. The van der Waals surface area contributed by atoms with Gasteiger partial charge in [-0.05, 0) is 25.3 Å². The van der Waals surface area contributed by atoms with Crippen LogP contribution in [0.15, 0.2) is 24.3 Å². The van der Waals surface area contributed by atoms with Crippen molar-refractivity contribution in [1.29, 1.82) is 0 Å². The predicted octanol–water partition coefficient (Wildman–Crippen LogP) is 3.97. The molecule has 0 unspecified atom stereocenters. The Hall–Kier alpha value is -1.44. The van der Waals surface area contributed by atoms with Crippen LogP contribution in [0.1, 0.15) is 61.9 Å². The molecule has 0 fully saturated rings. The van der Waals surface area contributed by atoms with Crippen LogP contribution in [0.2, 0.25) is 0 Å². The molecule has 0 aliphatic rings. The molecule has 0 radical (unpaired) electrons. The molecule has 1 rings (SSSR count). The second-order valence-corrected chi connectivity index (χ2v) is 4.75. The first-order valence-electron chi connectivity index (χ1n) is 6.75. The first-order chi connectivity index (χ1) is 8.63. The van der Waals surface area contributed by atoms with Crippen molar-refractivity contribution >= 4 is 11.6 Å². The van der Waals surface area contributed by atoms with Crippen molar-refractivity contribution < 1.29 is 9.59 Å². The number of carbonyl (C=O) groups excluding carboxylic acids is 2. The lowest BCUT2D eigenvalue weighted by molar-refractivity contribution is -0.119. The Morgan fingerprint density at radius 3 is 2.22 bits per heavy atom. The van der Waals surface area contributed by atoms with Gasteiger partial charge < -0.3 is 0 Å². The van der Waals surface area contributed by atoms with Crippen molar-refractivity contribution in [2.75, 3.05) is 0 Å². The Labute approximate surface area is 109 Å². The molecule has 18 heavy (non-hydrogen) atoms. The molecule has 2 nitrogen and oxygen atoms in total. The second kappa shape index (κ2) is 7.80. The minimum atomic E-state index is 0.0807. The summed E-state index contributed by atoms with van der Waals surface area (Å²) in [6, 6.07) is 7.55. The number of Topliss-reactive ketones (excluding diaryl/α,β-unsaturated/α-hetero) is 2. The Bertz CT molecular complexity index is 390. The van der Waals surface area contributed by atoms with Crippen molar-refractivity contribution in [2.24, 2.45) is 0 Å². The quantitative estimate of drug-likeness (QED) is 0.513. The van der Waals surface area contributed by atoms with E-state index in [2.05, 4.69) is 6.92 Å². The van der Waals surface area contributed by atoms with Gasteiger partial charge in [0.25, 0.3) is 0 Å². The fraction of sp³-hybridized carbons (Fsp3) is 0.500. The number of aryl methyl sites for hydroxylation is 1. The molecule has 0 N–H and O–H groups in total. The van der Waals surface area contributed by atoms with E-state index in [1.165, 1.54) is 0 Å². The summed E-state index contributed by atoms with van der Waals surface area (Å²) in [5.74, 6) is 0.427. The summed E-state index contributed by atoms with van der Waals surface area (Å²) in [6.07, 6.45) is 5.41. The molecule has 98 valence electrons. The van der Waals surface area contributed by atoms with Gasteiger partial charge in [-0.25, -0.2) is 0 Å². The van der Waals surface area contributed by atoms with Crippen LogP contribution in [0.5, 0.6) is 0 Å². The molecule has 0 saturated heterocycles. The zero-order valence-electron chi connectivity index (χ0n) is 11.4. The third-order valence-electron chi connectivity index (χ3n) is 3.11. The summed E-state index contributed by atoms with van der Waals surface area (Å²) in [4.78, 5) is 22.7. The molecule has 0 aromatic heterocycles. The van der Waals surface area contributed by atoms with Crippen molar-refractivity contribution in [3.05, 3.63) is 35.4 Å². The first kappa shape index (κ1) is 14.6. The van der Waals surface area contributed by atoms with E-state index in [9.17, 15) is 9.59 Å². The molecule has 2 heteroatoms. The standard InChI is InChI=1S/C16H22O2/c1-3-4-5-6-16(18)12-9-14-7-10-15(11-8-14)13(2)17/h7-8,10-11H,3-6,9,12H2,1-2H3. The molecule has 0 spiro atoms. The molecule has 1 aromatic rings. The van der Waals surface area contributed by atoms with Crippen LogP contribution in [0, 0.1) is 0 Å². The summed E-state index contributed by atoms with van der Waals surface area (Å²) in [6.45, 7) is 3.70. The van der Waals surface area contributed by atoms with Crippen LogP contribution < -0.4 is 0 Å². The van der Waals surface area contributed by atoms with Crippen LogP contribution in [0.4, 0.5) is 0 Å². The fourth-order valence-electron chi connectivity index (χ4n) is 1.89. The lowest BCUT2D eigenvalue weighted by Crippen LogP contribution is -2.00. The van der Waals surface area contributed by atoms with E-state index in [1.807, 2.05) is 24.3 Å². The SMILES string of the molecule is CCCCCC(=O)CCc1ccc(C(C)=O)cc1. The van der Waals surface area contributed by atoms with Crippen molar-refractivity contribution in [1.82, 2.24) is 0 Å². The van der Waals surface area contributed by atoms with Crippen LogP contribution in [0.25, 0.3) is 0 Å². The van der Waals surface area contributed by atoms with E-state index in [1.54, 1.807) is 6.92 Å². The normalized spacial score (nSPS) is 10.3. The second-order valence-electron chi connectivity index (χ2n) is 4.75. The average Bonchev–Trinajstić information content (AvgIpc) is 2.37. The van der Waals surface area contributed by atoms with Gasteiger partial charge in [-0.2, -0.15) is 0 Å². The largest absolute Gasteiger partial charge is 0.300 e. The average molecular weight is 246 g/mol. The van der Waals surface area contributed by atoms with Gasteiger partial charge in [-0.15, -0.1) is 0 Å². The maximum atomic E-state index is 11.6. The molecule has 0 aliphatic carbocycles. The zero-order chi connectivity index (χ0) is 13.4. The van der Waals surface area contributed by atoms with Crippen LogP contribution in [-0.4, -0.2) is 11.6 Å². The molecule has 0 aliphatic heterocycles. The summed E-state index contributed by atoms with van der Waals surface area (Å²) < 4.78 is 0. The Morgan fingerprint density at radius 1 is 1.00 bits per heavy atom. The highest BCUT2D eigenvalue weighted by Gasteiger charge is 2.03. The summed E-state index contributed by atoms with van der Waals surface area (Å²) in [5.41, 5.74) is 1.86. The highest BCUT2D eigenvalue weighted by molar-refractivity contribution is 5.94. The maximum Gasteiger partial charge on any atom is 0.159 e. The minimum absolute atomic E-state index is 0.0807. The zero-order valence-corrected chi connectivity index (χ0v) is 11.4. The van der Waals surface area contributed by atoms with Crippen molar-refractivity contribution in [3.63, 3.8) is 0 Å². The van der Waals surface area contributed by atoms with Gasteiger partial charge in [-0.1, -0.05) is 44.0 Å². The highest BCUT2D eigenvalue weighted by Crippen LogP contribution is 2.09. The molecule has 0 atom stereocenters. The van der Waals surface area contributed by atoms with E-state index in [-0.39, 0.29) is 5.78 Å². The summed E-state index contributed by atoms with van der Waals surface area (Å²) in [5, 5.41) is 0. The first-order valence-corrected chi connectivity index (χ1v) is 6.75. The number of unbranched alkanes of at least 4 members (excludes halogenated alkanes) is 2. The number of hydrogen-bond donors (Lipinski definition) is 0. The van der Waals surface area contributed by atoms with Crippen molar-refractivity contribution in [3.8, 4) is 0 Å². The van der Waals surface area contributed by atoms with Gasteiger partial charge in [-0.3, -0.25) is 9.59 Å². The monoisotopic (exact) mass is 246 g/mol. The molecule has 0 heterocycles. The van der Waals surface area contributed by atoms with Gasteiger partial charge in [0, 0.05) is 18.4 Å². The third-order valence-corrected chi connectivity index (χ3v) is 3.11. The van der Waals surface area contributed by atoms with E-state index in [4.69, 9.17) is 0 Å². The van der Waals surface area contributed by atoms with Gasteiger partial charge >= 0.3 is 0 Å². The predicted molar refractivity (Wildman–Crippen MR) is 73.9 cm³/mol. The lowest BCUT2D eigenvalue weighted by Gasteiger charge is -2.02. The number of benzene rings is 1. The molecule has 0 bridgehead atoms. The highest BCUT2D eigenvalue weighted by atomic mass is 16.1. The fourth-order valence-corrected chi connectivity index (χ4v) is 1.89. The number of ketones is 2. The number of rotatable bonds is 8. The van der Waals surface area contributed by atoms with Crippen LogP contribution in [-0.2, 0) is 11.2 Å². The number of hydrogen-bond acceptors (Lipinski definition) is 2. The molecular weight excluding hydrogens is 224 g/mol. The summed E-state index contributed by atoms with van der Waals surface area (Å²) >= 11 is 0. The maximum absolute atomic E-state index is 11.6. The molecular formula is C16H22O2. The van der Waals surface area contributed by atoms with E-state index in [0.717, 1.165) is 36.8 Å². The topological polar surface area (TPSA) is 34.1 Å². The molecule has 0 saturated carbocycles. The smallest absolute Gasteiger partial charge is 0.159 e. The number of carbonyl (C=O) groups is 2.